The summed E-state index contributed by atoms with van der Waals surface area (Å²) in [5, 5.41) is 3.41. The number of benzene rings is 1. The van der Waals surface area contributed by atoms with Gasteiger partial charge in [-0.15, -0.1) is 24.0 Å². The Labute approximate surface area is 185 Å². The molecule has 4 nitrogen and oxygen atoms in total. The van der Waals surface area contributed by atoms with Gasteiger partial charge in [-0.25, -0.2) is 0 Å². The Kier molecular flexibility index (Phi) is 10.9. The number of halogens is 1. The summed E-state index contributed by atoms with van der Waals surface area (Å²) >= 11 is 0. The van der Waals surface area contributed by atoms with Crippen LogP contribution in [0.15, 0.2) is 35.3 Å². The summed E-state index contributed by atoms with van der Waals surface area (Å²) in [6, 6.07) is 10.8. The molecule has 1 atom stereocenters. The van der Waals surface area contributed by atoms with E-state index < -0.39 is 10.8 Å². The molecule has 0 amide bonds. The average Bonchev–Trinajstić information content (AvgIpc) is 2.62. The summed E-state index contributed by atoms with van der Waals surface area (Å²) in [6.45, 7) is 11.8. The Morgan fingerprint density at radius 2 is 1.85 bits per heavy atom. The van der Waals surface area contributed by atoms with Gasteiger partial charge in [0.2, 0.25) is 0 Å². The van der Waals surface area contributed by atoms with Crippen LogP contribution in [0, 0.1) is 5.92 Å². The second-order valence-corrected chi connectivity index (χ2v) is 10.3. The predicted octanol–water partition coefficient (Wildman–Crippen LogP) is 4.07. The van der Waals surface area contributed by atoms with Gasteiger partial charge >= 0.3 is 0 Å². The van der Waals surface area contributed by atoms with Crippen LogP contribution in [0.4, 0.5) is 0 Å². The van der Waals surface area contributed by atoms with Gasteiger partial charge in [0, 0.05) is 40.9 Å². The Hall–Kier alpha value is -0.630. The molecule has 1 aromatic rings. The topological polar surface area (TPSA) is 44.7 Å². The van der Waals surface area contributed by atoms with E-state index in [1.165, 1.54) is 24.8 Å². The lowest BCUT2D eigenvalue weighted by Gasteiger charge is -2.34. The van der Waals surface area contributed by atoms with Crippen LogP contribution in [-0.4, -0.2) is 51.7 Å². The van der Waals surface area contributed by atoms with E-state index in [4.69, 9.17) is 4.99 Å². The maximum Gasteiger partial charge on any atom is 0.193 e. The quantitative estimate of drug-likeness (QED) is 0.360. The molecule has 1 N–H and O–H groups in total. The number of guanidine groups is 1. The first-order chi connectivity index (χ1) is 12.4. The van der Waals surface area contributed by atoms with Crippen LogP contribution in [0.2, 0.25) is 0 Å². The lowest BCUT2D eigenvalue weighted by molar-refractivity contribution is 0.259. The molecular formula is C21H36IN3OS. The number of hydrogen-bond donors (Lipinski definition) is 1. The predicted molar refractivity (Wildman–Crippen MR) is 129 cm³/mol. The zero-order valence-corrected chi connectivity index (χ0v) is 20.4. The maximum absolute atomic E-state index is 12.2. The molecule has 27 heavy (non-hydrogen) atoms. The second kappa shape index (κ2) is 12.0. The lowest BCUT2D eigenvalue weighted by Crippen LogP contribution is -2.46. The first kappa shape index (κ1) is 24.4. The highest BCUT2D eigenvalue weighted by molar-refractivity contribution is 14.0. The average molecular weight is 506 g/mol. The number of nitrogens with zero attached hydrogens (tertiary/aromatic N) is 2. The number of piperidine rings is 1. The lowest BCUT2D eigenvalue weighted by atomic mass is 9.90. The van der Waals surface area contributed by atoms with E-state index in [1.54, 1.807) is 0 Å². The number of nitrogens with one attached hydrogen (secondary N) is 1. The molecule has 1 heterocycles. The van der Waals surface area contributed by atoms with Crippen molar-refractivity contribution >= 4 is 40.7 Å². The third kappa shape index (κ3) is 8.50. The zero-order valence-electron chi connectivity index (χ0n) is 17.2. The van der Waals surface area contributed by atoms with Crippen molar-refractivity contribution in [3.8, 4) is 0 Å². The van der Waals surface area contributed by atoms with Gasteiger partial charge in [0.15, 0.2) is 5.96 Å². The minimum absolute atomic E-state index is 0. The summed E-state index contributed by atoms with van der Waals surface area (Å²) in [4.78, 5) is 7.10. The molecule has 6 heteroatoms. The van der Waals surface area contributed by atoms with Crippen molar-refractivity contribution in [2.45, 2.75) is 51.7 Å². The largest absolute Gasteiger partial charge is 0.357 e. The summed E-state index contributed by atoms with van der Waals surface area (Å²) < 4.78 is 12.0. The highest BCUT2D eigenvalue weighted by Gasteiger charge is 2.22. The van der Waals surface area contributed by atoms with Crippen LogP contribution in [0.3, 0.4) is 0 Å². The second-order valence-electron chi connectivity index (χ2n) is 8.02. The molecule has 0 bridgehead atoms. The number of rotatable bonds is 6. The normalized spacial score (nSPS) is 17.3. The van der Waals surface area contributed by atoms with Crippen molar-refractivity contribution < 1.29 is 4.21 Å². The Morgan fingerprint density at radius 3 is 2.41 bits per heavy atom. The van der Waals surface area contributed by atoms with Crippen LogP contribution in [0.25, 0.3) is 0 Å². The van der Waals surface area contributed by atoms with Gasteiger partial charge in [0.25, 0.3) is 0 Å². The first-order valence-corrected chi connectivity index (χ1v) is 11.2. The standard InChI is InChI=1S/C21H35N3OS.HI/c1-5-22-20(23-13-16-26(25)21(2,3)4)24-14-11-19(12-15-24)17-18-9-7-6-8-10-18;/h6-10,19H,5,11-17H2,1-4H3,(H,22,23);1H. The van der Waals surface area contributed by atoms with Crippen molar-refractivity contribution in [1.82, 2.24) is 10.2 Å². The van der Waals surface area contributed by atoms with Crippen molar-refractivity contribution in [3.63, 3.8) is 0 Å². The summed E-state index contributed by atoms with van der Waals surface area (Å²) in [7, 11) is -0.844. The fourth-order valence-electron chi connectivity index (χ4n) is 3.26. The molecule has 0 aromatic heterocycles. The minimum atomic E-state index is -0.844. The molecule has 1 unspecified atom stereocenters. The number of hydrogen-bond acceptors (Lipinski definition) is 2. The van der Waals surface area contributed by atoms with E-state index in [2.05, 4.69) is 47.5 Å². The molecule has 0 saturated carbocycles. The molecule has 1 aliphatic heterocycles. The van der Waals surface area contributed by atoms with E-state index in [9.17, 15) is 4.21 Å². The molecule has 154 valence electrons. The monoisotopic (exact) mass is 505 g/mol. The Balaban J connectivity index is 0.00000364. The van der Waals surface area contributed by atoms with Crippen LogP contribution in [-0.2, 0) is 17.2 Å². The van der Waals surface area contributed by atoms with Gasteiger partial charge in [-0.05, 0) is 58.4 Å². The molecule has 1 saturated heterocycles. The molecule has 1 aromatic carbocycles. The first-order valence-electron chi connectivity index (χ1n) is 9.86. The third-order valence-electron chi connectivity index (χ3n) is 4.84. The van der Waals surface area contributed by atoms with Gasteiger partial charge in [0.1, 0.15) is 0 Å². The van der Waals surface area contributed by atoms with Crippen molar-refractivity contribution in [1.29, 1.82) is 0 Å². The highest BCUT2D eigenvalue weighted by Crippen LogP contribution is 2.21. The van der Waals surface area contributed by atoms with E-state index in [-0.39, 0.29) is 28.7 Å². The zero-order chi connectivity index (χ0) is 19.0. The Morgan fingerprint density at radius 1 is 1.22 bits per heavy atom. The third-order valence-corrected chi connectivity index (χ3v) is 6.76. The fourth-order valence-corrected chi connectivity index (χ4v) is 4.13. The summed E-state index contributed by atoms with van der Waals surface area (Å²) in [5.41, 5.74) is 1.44. The van der Waals surface area contributed by atoms with Gasteiger partial charge in [-0.1, -0.05) is 30.3 Å². The summed E-state index contributed by atoms with van der Waals surface area (Å²) in [6.07, 6.45) is 3.58. The van der Waals surface area contributed by atoms with Crippen LogP contribution in [0.5, 0.6) is 0 Å². The van der Waals surface area contributed by atoms with Gasteiger partial charge in [-0.3, -0.25) is 9.20 Å². The molecular weight excluding hydrogens is 469 g/mol. The summed E-state index contributed by atoms with van der Waals surface area (Å²) in [5.74, 6) is 2.37. The Bertz CT molecular complexity index is 593. The van der Waals surface area contributed by atoms with E-state index in [1.807, 2.05) is 20.8 Å². The van der Waals surface area contributed by atoms with E-state index in [0.29, 0.717) is 12.3 Å². The maximum atomic E-state index is 12.2. The van der Waals surface area contributed by atoms with Gasteiger partial charge < -0.3 is 10.2 Å². The van der Waals surface area contributed by atoms with Crippen molar-refractivity contribution in [2.24, 2.45) is 10.9 Å². The fraction of sp³-hybridized carbons (Fsp3) is 0.667. The number of aliphatic imine (C=N–C) groups is 1. The van der Waals surface area contributed by atoms with Crippen molar-refractivity contribution in [2.75, 3.05) is 31.9 Å². The van der Waals surface area contributed by atoms with Crippen molar-refractivity contribution in [3.05, 3.63) is 35.9 Å². The van der Waals surface area contributed by atoms with Crippen LogP contribution < -0.4 is 5.32 Å². The van der Waals surface area contributed by atoms with Crippen LogP contribution in [0.1, 0.15) is 46.1 Å². The molecule has 0 spiro atoms. The smallest absolute Gasteiger partial charge is 0.193 e. The minimum Gasteiger partial charge on any atom is -0.357 e. The van der Waals surface area contributed by atoms with Gasteiger partial charge in [0.05, 0.1) is 6.54 Å². The molecule has 0 radical (unpaired) electrons. The highest BCUT2D eigenvalue weighted by atomic mass is 127. The molecule has 1 aliphatic rings. The number of likely N-dealkylation sites (tertiary alicyclic amines) is 1. The van der Waals surface area contributed by atoms with E-state index in [0.717, 1.165) is 31.5 Å². The molecule has 2 rings (SSSR count). The van der Waals surface area contributed by atoms with E-state index >= 15 is 0 Å². The molecule has 0 aliphatic carbocycles. The molecule has 1 fully saturated rings. The van der Waals surface area contributed by atoms with Gasteiger partial charge in [-0.2, -0.15) is 0 Å². The SMILES string of the molecule is CCNC(=NCCS(=O)C(C)(C)C)N1CCC(Cc2ccccc2)CC1.I. The van der Waals surface area contributed by atoms with Crippen LogP contribution >= 0.6 is 24.0 Å².